The van der Waals surface area contributed by atoms with Crippen molar-refractivity contribution in [2.24, 2.45) is 0 Å². The van der Waals surface area contributed by atoms with E-state index in [1.54, 1.807) is 12.4 Å². The lowest BCUT2D eigenvalue weighted by atomic mass is 10.1. The van der Waals surface area contributed by atoms with E-state index in [0.29, 0.717) is 11.6 Å². The lowest BCUT2D eigenvalue weighted by molar-refractivity contribution is 0.0398. The molecule has 2 N–H and O–H groups in total. The second-order valence-corrected chi connectivity index (χ2v) is 7.75. The van der Waals surface area contributed by atoms with Crippen LogP contribution in [0.5, 0.6) is 0 Å². The van der Waals surface area contributed by atoms with Gasteiger partial charge in [-0.15, -0.1) is 12.4 Å². The van der Waals surface area contributed by atoms with Gasteiger partial charge >= 0.3 is 0 Å². The monoisotopic (exact) mass is 466 g/mol. The standard InChI is InChI=1S/C23H26N8O.ClH/c1-2-4-17(5-3-1)6-7-20-24-9-8-19(27-20)21-18-16-26-23(28-22(18)30-29-21)25-10-11-31-12-14-32-15-13-31;/h1-5,8-9,16H,6-7,10-15H2,(H2,25,26,28,29,30);1H. The molecule has 1 aliphatic heterocycles. The first kappa shape index (κ1) is 23.0. The Kier molecular flexibility index (Phi) is 7.77. The number of halogens is 1. The van der Waals surface area contributed by atoms with Gasteiger partial charge in [0.1, 0.15) is 5.82 Å². The Hall–Kier alpha value is -3.14. The summed E-state index contributed by atoms with van der Waals surface area (Å²) < 4.78 is 5.38. The zero-order valence-electron chi connectivity index (χ0n) is 18.3. The number of benzene rings is 1. The third kappa shape index (κ3) is 5.81. The molecule has 3 aromatic heterocycles. The number of aromatic amines is 1. The average molecular weight is 467 g/mol. The number of fused-ring (bicyclic) bond motifs is 1. The molecule has 0 atom stereocenters. The van der Waals surface area contributed by atoms with Crippen LogP contribution in [-0.2, 0) is 17.6 Å². The van der Waals surface area contributed by atoms with Crippen LogP contribution in [0.3, 0.4) is 0 Å². The quantitative estimate of drug-likeness (QED) is 0.408. The summed E-state index contributed by atoms with van der Waals surface area (Å²) in [6, 6.07) is 12.3. The van der Waals surface area contributed by atoms with E-state index in [1.807, 2.05) is 12.1 Å². The van der Waals surface area contributed by atoms with Gasteiger partial charge in [-0.05, 0) is 18.1 Å². The zero-order valence-corrected chi connectivity index (χ0v) is 19.1. The van der Waals surface area contributed by atoms with Crippen LogP contribution in [0.2, 0.25) is 0 Å². The van der Waals surface area contributed by atoms with E-state index in [-0.39, 0.29) is 12.4 Å². The van der Waals surface area contributed by atoms with E-state index in [2.05, 4.69) is 59.6 Å². The molecule has 0 radical (unpaired) electrons. The highest BCUT2D eigenvalue weighted by Crippen LogP contribution is 2.23. The Morgan fingerprint density at radius 2 is 1.85 bits per heavy atom. The van der Waals surface area contributed by atoms with Gasteiger partial charge < -0.3 is 10.1 Å². The van der Waals surface area contributed by atoms with Gasteiger partial charge in [0.2, 0.25) is 5.95 Å². The van der Waals surface area contributed by atoms with E-state index in [1.165, 1.54) is 5.56 Å². The lowest BCUT2D eigenvalue weighted by Gasteiger charge is -2.26. The molecular weight excluding hydrogens is 440 g/mol. The molecule has 172 valence electrons. The highest BCUT2D eigenvalue weighted by atomic mass is 35.5. The van der Waals surface area contributed by atoms with Gasteiger partial charge in [-0.2, -0.15) is 10.1 Å². The van der Waals surface area contributed by atoms with Crippen LogP contribution in [0.1, 0.15) is 11.4 Å². The molecule has 0 spiro atoms. The molecule has 0 saturated carbocycles. The summed E-state index contributed by atoms with van der Waals surface area (Å²) in [5, 5.41) is 11.6. The number of aryl methyl sites for hydroxylation is 2. The maximum atomic E-state index is 5.38. The Balaban J connectivity index is 0.00000259. The second kappa shape index (κ2) is 11.1. The van der Waals surface area contributed by atoms with E-state index < -0.39 is 0 Å². The molecule has 1 aromatic carbocycles. The lowest BCUT2D eigenvalue weighted by Crippen LogP contribution is -2.39. The SMILES string of the molecule is Cl.c1ccc(CCc2nccc(-c3[nH]nc4nc(NCCN5CCOCC5)ncc34)n2)cc1. The molecule has 9 nitrogen and oxygen atoms in total. The predicted octanol–water partition coefficient (Wildman–Crippen LogP) is 2.76. The van der Waals surface area contributed by atoms with E-state index in [4.69, 9.17) is 9.72 Å². The first-order chi connectivity index (χ1) is 15.8. The number of H-pyrrole nitrogens is 1. The third-order valence-electron chi connectivity index (χ3n) is 5.57. The smallest absolute Gasteiger partial charge is 0.224 e. The van der Waals surface area contributed by atoms with Gasteiger partial charge in [0, 0.05) is 45.0 Å². The summed E-state index contributed by atoms with van der Waals surface area (Å²) in [6.45, 7) is 5.25. The maximum absolute atomic E-state index is 5.38. The van der Waals surface area contributed by atoms with Crippen molar-refractivity contribution >= 4 is 29.4 Å². The summed E-state index contributed by atoms with van der Waals surface area (Å²) in [7, 11) is 0. The first-order valence-corrected chi connectivity index (χ1v) is 11.0. The minimum Gasteiger partial charge on any atom is -0.379 e. The van der Waals surface area contributed by atoms with Crippen molar-refractivity contribution in [1.29, 1.82) is 0 Å². The number of ether oxygens (including phenoxy) is 1. The number of hydrogen-bond donors (Lipinski definition) is 2. The molecular formula is C23H27ClN8O. The first-order valence-electron chi connectivity index (χ1n) is 11.0. The minimum atomic E-state index is 0. The fraction of sp³-hybridized carbons (Fsp3) is 0.348. The van der Waals surface area contributed by atoms with Gasteiger partial charge in [-0.1, -0.05) is 30.3 Å². The third-order valence-corrected chi connectivity index (χ3v) is 5.57. The molecule has 0 unspecified atom stereocenters. The number of rotatable bonds is 8. The molecule has 1 fully saturated rings. The van der Waals surface area contributed by atoms with E-state index >= 15 is 0 Å². The van der Waals surface area contributed by atoms with Crippen molar-refractivity contribution < 1.29 is 4.74 Å². The Morgan fingerprint density at radius 3 is 2.70 bits per heavy atom. The van der Waals surface area contributed by atoms with Crippen molar-refractivity contribution in [2.45, 2.75) is 12.8 Å². The summed E-state index contributed by atoms with van der Waals surface area (Å²) >= 11 is 0. The van der Waals surface area contributed by atoms with Crippen LogP contribution in [0.15, 0.2) is 48.8 Å². The Morgan fingerprint density at radius 1 is 1.00 bits per heavy atom. The minimum absolute atomic E-state index is 0. The molecule has 10 heteroatoms. The highest BCUT2D eigenvalue weighted by Gasteiger charge is 2.13. The van der Waals surface area contributed by atoms with Gasteiger partial charge in [-0.25, -0.2) is 15.0 Å². The molecule has 4 heterocycles. The summed E-state index contributed by atoms with van der Waals surface area (Å²) in [4.78, 5) is 20.6. The number of nitrogens with zero attached hydrogens (tertiary/aromatic N) is 6. The molecule has 1 saturated heterocycles. The molecule has 4 aromatic rings. The molecule has 1 aliphatic rings. The van der Waals surface area contributed by atoms with Crippen molar-refractivity contribution in [2.75, 3.05) is 44.7 Å². The van der Waals surface area contributed by atoms with Crippen LogP contribution < -0.4 is 5.32 Å². The predicted molar refractivity (Wildman–Crippen MR) is 130 cm³/mol. The van der Waals surface area contributed by atoms with Gasteiger partial charge in [0.15, 0.2) is 5.65 Å². The van der Waals surface area contributed by atoms with Crippen LogP contribution in [0.25, 0.3) is 22.4 Å². The average Bonchev–Trinajstić information content (AvgIpc) is 3.28. The van der Waals surface area contributed by atoms with Gasteiger partial charge in [0.25, 0.3) is 0 Å². The molecule has 5 rings (SSSR count). The van der Waals surface area contributed by atoms with Crippen LogP contribution in [0, 0.1) is 0 Å². The van der Waals surface area contributed by atoms with E-state index in [9.17, 15) is 0 Å². The molecule has 0 bridgehead atoms. The number of morpholine rings is 1. The number of aromatic nitrogens is 6. The van der Waals surface area contributed by atoms with Crippen LogP contribution in [0.4, 0.5) is 5.95 Å². The van der Waals surface area contributed by atoms with Crippen LogP contribution >= 0.6 is 12.4 Å². The van der Waals surface area contributed by atoms with Crippen molar-refractivity contribution in [3.05, 3.63) is 60.2 Å². The van der Waals surface area contributed by atoms with E-state index in [0.717, 1.165) is 74.8 Å². The molecule has 33 heavy (non-hydrogen) atoms. The summed E-state index contributed by atoms with van der Waals surface area (Å²) in [5.41, 5.74) is 3.49. The van der Waals surface area contributed by atoms with Crippen molar-refractivity contribution in [3.8, 4) is 11.4 Å². The fourth-order valence-electron chi connectivity index (χ4n) is 3.79. The van der Waals surface area contributed by atoms with Crippen LogP contribution in [-0.4, -0.2) is 74.4 Å². The number of anilines is 1. The fourth-order valence-corrected chi connectivity index (χ4v) is 3.79. The second-order valence-electron chi connectivity index (χ2n) is 7.75. The molecule has 0 amide bonds. The van der Waals surface area contributed by atoms with Gasteiger partial charge in [0.05, 0.1) is 30.0 Å². The van der Waals surface area contributed by atoms with Crippen molar-refractivity contribution in [3.63, 3.8) is 0 Å². The summed E-state index contributed by atoms with van der Waals surface area (Å²) in [5.74, 6) is 1.38. The Labute approximate surface area is 198 Å². The zero-order chi connectivity index (χ0) is 21.6. The van der Waals surface area contributed by atoms with Gasteiger partial charge in [-0.3, -0.25) is 10.00 Å². The summed E-state index contributed by atoms with van der Waals surface area (Å²) in [6.07, 6.45) is 5.26. The molecule has 0 aliphatic carbocycles. The number of nitrogens with one attached hydrogen (secondary N) is 2. The largest absolute Gasteiger partial charge is 0.379 e. The highest BCUT2D eigenvalue weighted by molar-refractivity contribution is 5.89. The number of hydrogen-bond acceptors (Lipinski definition) is 8. The maximum Gasteiger partial charge on any atom is 0.224 e. The topological polar surface area (TPSA) is 105 Å². The normalized spacial score (nSPS) is 14.2. The van der Waals surface area contributed by atoms with Crippen molar-refractivity contribution in [1.82, 2.24) is 35.0 Å². The Bertz CT molecular complexity index is 1160.